The van der Waals surface area contributed by atoms with Crippen molar-refractivity contribution >= 4 is 0 Å². The third-order valence-corrected chi connectivity index (χ3v) is 3.03. The van der Waals surface area contributed by atoms with Crippen LogP contribution in [0.1, 0.15) is 64.0 Å². The molecule has 0 amide bonds. The molecule has 0 radical (unpaired) electrons. The Morgan fingerprint density at radius 2 is 1.76 bits per heavy atom. The summed E-state index contributed by atoms with van der Waals surface area (Å²) in [4.78, 5) is 8.19. The van der Waals surface area contributed by atoms with Gasteiger partial charge in [-0.1, -0.05) is 46.0 Å². The average molecular weight is 235 g/mol. The molecule has 1 unspecified atom stereocenters. The first kappa shape index (κ1) is 14.1. The summed E-state index contributed by atoms with van der Waals surface area (Å²) in [5.41, 5.74) is 1.21. The van der Waals surface area contributed by atoms with Crippen LogP contribution in [0.4, 0.5) is 0 Å². The average Bonchev–Trinajstić information content (AvgIpc) is 2.38. The molecule has 0 saturated carbocycles. The highest BCUT2D eigenvalue weighted by atomic mass is 14.9. The van der Waals surface area contributed by atoms with Gasteiger partial charge in [0.2, 0.25) is 0 Å². The molecule has 1 heterocycles. The highest BCUT2D eigenvalue weighted by molar-refractivity contribution is 5.08. The van der Waals surface area contributed by atoms with Crippen molar-refractivity contribution in [1.29, 1.82) is 0 Å². The van der Waals surface area contributed by atoms with Gasteiger partial charge in [-0.05, 0) is 13.0 Å². The first-order chi connectivity index (χ1) is 8.38. The maximum absolute atomic E-state index is 4.09. The van der Waals surface area contributed by atoms with Gasteiger partial charge in [0.25, 0.3) is 0 Å². The van der Waals surface area contributed by atoms with Gasteiger partial charge in [0.1, 0.15) is 6.33 Å². The fourth-order valence-electron chi connectivity index (χ4n) is 2.08. The molecule has 0 aliphatic heterocycles. The van der Waals surface area contributed by atoms with Crippen molar-refractivity contribution in [1.82, 2.24) is 15.3 Å². The maximum atomic E-state index is 4.09. The number of nitrogens with zero attached hydrogens (tertiary/aromatic N) is 2. The minimum absolute atomic E-state index is 0.419. The van der Waals surface area contributed by atoms with Crippen LogP contribution < -0.4 is 5.32 Å². The minimum Gasteiger partial charge on any atom is -0.310 e. The minimum atomic E-state index is 0.419. The zero-order valence-electron chi connectivity index (χ0n) is 11.2. The Labute approximate surface area is 105 Å². The Morgan fingerprint density at radius 3 is 2.41 bits per heavy atom. The number of hydrogen-bond donors (Lipinski definition) is 1. The van der Waals surface area contributed by atoms with Crippen LogP contribution >= 0.6 is 0 Å². The van der Waals surface area contributed by atoms with E-state index in [4.69, 9.17) is 0 Å². The van der Waals surface area contributed by atoms with Crippen LogP contribution in [0.5, 0.6) is 0 Å². The van der Waals surface area contributed by atoms with E-state index in [1.54, 1.807) is 6.33 Å². The molecule has 0 fully saturated rings. The molecule has 3 heteroatoms. The van der Waals surface area contributed by atoms with Crippen LogP contribution in [0, 0.1) is 0 Å². The van der Waals surface area contributed by atoms with Crippen LogP contribution in [-0.4, -0.2) is 16.5 Å². The van der Waals surface area contributed by atoms with E-state index in [0.29, 0.717) is 6.04 Å². The summed E-state index contributed by atoms with van der Waals surface area (Å²) in [6.07, 6.45) is 13.3. The van der Waals surface area contributed by atoms with Crippen molar-refractivity contribution < 1.29 is 0 Å². The van der Waals surface area contributed by atoms with E-state index in [0.717, 1.165) is 6.54 Å². The standard InChI is InChI=1S/C14H25N3/c1-3-5-6-7-8-9-14(17-4-2)13-10-15-12-16-11-13/h10-12,14,17H,3-9H2,1-2H3. The van der Waals surface area contributed by atoms with Crippen LogP contribution in [-0.2, 0) is 0 Å². The Kier molecular flexibility index (Phi) is 7.56. The lowest BCUT2D eigenvalue weighted by atomic mass is 10.0. The van der Waals surface area contributed by atoms with Crippen LogP contribution in [0.15, 0.2) is 18.7 Å². The van der Waals surface area contributed by atoms with Gasteiger partial charge >= 0.3 is 0 Å². The van der Waals surface area contributed by atoms with E-state index < -0.39 is 0 Å². The van der Waals surface area contributed by atoms with E-state index in [2.05, 4.69) is 29.1 Å². The Balaban J connectivity index is 2.33. The Hall–Kier alpha value is -0.960. The number of rotatable bonds is 9. The number of aromatic nitrogens is 2. The molecular weight excluding hydrogens is 210 g/mol. The Morgan fingerprint density at radius 1 is 1.06 bits per heavy atom. The molecule has 0 aliphatic carbocycles. The van der Waals surface area contributed by atoms with Gasteiger partial charge in [0.05, 0.1) is 0 Å². The van der Waals surface area contributed by atoms with Gasteiger partial charge in [0.15, 0.2) is 0 Å². The molecule has 0 spiro atoms. The predicted octanol–water partition coefficient (Wildman–Crippen LogP) is 3.49. The smallest absolute Gasteiger partial charge is 0.115 e. The number of nitrogens with one attached hydrogen (secondary N) is 1. The van der Waals surface area contributed by atoms with Gasteiger partial charge < -0.3 is 5.32 Å². The molecule has 1 aromatic rings. The molecule has 3 nitrogen and oxygen atoms in total. The van der Waals surface area contributed by atoms with Crippen LogP contribution in [0.25, 0.3) is 0 Å². The molecule has 0 aromatic carbocycles. The van der Waals surface area contributed by atoms with Gasteiger partial charge in [-0.3, -0.25) is 0 Å². The maximum Gasteiger partial charge on any atom is 0.115 e. The summed E-state index contributed by atoms with van der Waals surface area (Å²) in [6, 6.07) is 0.419. The Bertz CT molecular complexity index is 274. The fourth-order valence-corrected chi connectivity index (χ4v) is 2.08. The highest BCUT2D eigenvalue weighted by Crippen LogP contribution is 2.18. The molecule has 17 heavy (non-hydrogen) atoms. The first-order valence-electron chi connectivity index (χ1n) is 6.86. The van der Waals surface area contributed by atoms with Crippen LogP contribution in [0.2, 0.25) is 0 Å². The summed E-state index contributed by atoms with van der Waals surface area (Å²) < 4.78 is 0. The molecule has 1 aromatic heterocycles. The third kappa shape index (κ3) is 5.78. The number of unbranched alkanes of at least 4 members (excludes halogenated alkanes) is 4. The van der Waals surface area contributed by atoms with E-state index in [-0.39, 0.29) is 0 Å². The number of hydrogen-bond acceptors (Lipinski definition) is 3. The molecule has 96 valence electrons. The lowest BCUT2D eigenvalue weighted by Gasteiger charge is -2.17. The normalized spacial score (nSPS) is 12.6. The van der Waals surface area contributed by atoms with Gasteiger partial charge in [-0.2, -0.15) is 0 Å². The third-order valence-electron chi connectivity index (χ3n) is 3.03. The van der Waals surface area contributed by atoms with Crippen molar-refractivity contribution in [2.45, 2.75) is 58.4 Å². The lowest BCUT2D eigenvalue weighted by Crippen LogP contribution is -2.21. The second kappa shape index (κ2) is 9.11. The highest BCUT2D eigenvalue weighted by Gasteiger charge is 2.09. The van der Waals surface area contributed by atoms with Crippen LogP contribution in [0.3, 0.4) is 0 Å². The van der Waals surface area contributed by atoms with E-state index in [9.17, 15) is 0 Å². The SMILES string of the molecule is CCCCCCCC(NCC)c1cncnc1. The molecular formula is C14H25N3. The van der Waals surface area contributed by atoms with Gasteiger partial charge in [-0.25, -0.2) is 9.97 Å². The van der Waals surface area contributed by atoms with E-state index in [1.165, 1.54) is 44.1 Å². The summed E-state index contributed by atoms with van der Waals surface area (Å²) in [6.45, 7) is 5.39. The van der Waals surface area contributed by atoms with E-state index in [1.807, 2.05) is 12.4 Å². The van der Waals surface area contributed by atoms with Gasteiger partial charge in [-0.15, -0.1) is 0 Å². The quantitative estimate of drug-likeness (QED) is 0.666. The topological polar surface area (TPSA) is 37.8 Å². The molecule has 0 bridgehead atoms. The summed E-state index contributed by atoms with van der Waals surface area (Å²) in [5.74, 6) is 0. The first-order valence-corrected chi connectivity index (χ1v) is 6.86. The van der Waals surface area contributed by atoms with Gasteiger partial charge in [0, 0.05) is 24.0 Å². The zero-order chi connectivity index (χ0) is 12.3. The summed E-state index contributed by atoms with van der Waals surface area (Å²) in [7, 11) is 0. The van der Waals surface area contributed by atoms with Crippen molar-refractivity contribution in [3.8, 4) is 0 Å². The van der Waals surface area contributed by atoms with Crippen molar-refractivity contribution in [2.75, 3.05) is 6.54 Å². The molecule has 1 atom stereocenters. The monoisotopic (exact) mass is 235 g/mol. The molecule has 0 aliphatic rings. The molecule has 1 rings (SSSR count). The zero-order valence-corrected chi connectivity index (χ0v) is 11.2. The fraction of sp³-hybridized carbons (Fsp3) is 0.714. The summed E-state index contributed by atoms with van der Waals surface area (Å²) >= 11 is 0. The second-order valence-electron chi connectivity index (χ2n) is 4.48. The molecule has 1 N–H and O–H groups in total. The van der Waals surface area contributed by atoms with Crippen molar-refractivity contribution in [3.63, 3.8) is 0 Å². The molecule has 0 saturated heterocycles. The predicted molar refractivity (Wildman–Crippen MR) is 71.8 cm³/mol. The second-order valence-corrected chi connectivity index (χ2v) is 4.48. The van der Waals surface area contributed by atoms with Crippen molar-refractivity contribution in [3.05, 3.63) is 24.3 Å². The lowest BCUT2D eigenvalue weighted by molar-refractivity contribution is 0.476. The largest absolute Gasteiger partial charge is 0.310 e. The van der Waals surface area contributed by atoms with E-state index >= 15 is 0 Å². The summed E-state index contributed by atoms with van der Waals surface area (Å²) in [5, 5.41) is 3.51. The van der Waals surface area contributed by atoms with Crippen molar-refractivity contribution in [2.24, 2.45) is 0 Å².